The summed E-state index contributed by atoms with van der Waals surface area (Å²) in [6.45, 7) is 4.03. The van der Waals surface area contributed by atoms with E-state index in [1.807, 2.05) is 26.0 Å². The third kappa shape index (κ3) is 11.4. The summed E-state index contributed by atoms with van der Waals surface area (Å²) in [4.78, 5) is 0. The summed E-state index contributed by atoms with van der Waals surface area (Å²) in [5.41, 5.74) is 2.43. The number of hydrogen-bond donors (Lipinski definition) is 0. The van der Waals surface area contributed by atoms with Gasteiger partial charge in [0.1, 0.15) is 0 Å². The van der Waals surface area contributed by atoms with Crippen LogP contribution < -0.4 is 24.8 Å². The first-order chi connectivity index (χ1) is 7.86. The predicted molar refractivity (Wildman–Crippen MR) is 70.7 cm³/mol. The molecule has 0 radical (unpaired) electrons. The van der Waals surface area contributed by atoms with E-state index in [4.69, 9.17) is 0 Å². The molecule has 0 bridgehead atoms. The van der Waals surface area contributed by atoms with Gasteiger partial charge in [0, 0.05) is 0 Å². The molecular weight excluding hydrogens is 442 g/mol. The molecule has 0 aromatic heterocycles. The second-order valence-corrected chi connectivity index (χ2v) is 3.48. The zero-order valence-electron chi connectivity index (χ0n) is 11.3. The van der Waals surface area contributed by atoms with E-state index in [1.165, 1.54) is 11.1 Å². The van der Waals surface area contributed by atoms with Crippen molar-refractivity contribution in [3.8, 4) is 0 Å². The van der Waals surface area contributed by atoms with Crippen LogP contribution in [0.2, 0.25) is 0 Å². The number of rotatable bonds is 2. The van der Waals surface area contributed by atoms with E-state index < -0.39 is 0 Å². The molecule has 0 saturated heterocycles. The van der Waals surface area contributed by atoms with E-state index in [2.05, 4.69) is 48.6 Å². The largest absolute Gasteiger partial charge is 4.00 e. The summed E-state index contributed by atoms with van der Waals surface area (Å²) in [6.07, 6.45) is 24.9. The minimum absolute atomic E-state index is 0. The first kappa shape index (κ1) is 23.9. The second-order valence-electron chi connectivity index (χ2n) is 3.48. The van der Waals surface area contributed by atoms with Crippen molar-refractivity contribution in [3.63, 3.8) is 0 Å². The molecule has 0 N–H and O–H groups in total. The molecule has 0 fully saturated rings. The Labute approximate surface area is 148 Å². The van der Waals surface area contributed by atoms with Crippen LogP contribution in [0.25, 0.3) is 0 Å². The first-order valence-electron chi connectivity index (χ1n) is 5.67. The van der Waals surface area contributed by atoms with Gasteiger partial charge >= 0.3 is 25.8 Å². The Morgan fingerprint density at radius 2 is 1.21 bits per heavy atom. The molecule has 0 heterocycles. The van der Waals surface area contributed by atoms with Gasteiger partial charge in [0.25, 0.3) is 0 Å². The van der Waals surface area contributed by atoms with Gasteiger partial charge < -0.3 is 24.8 Å². The second kappa shape index (κ2) is 15.9. The Bertz CT molecular complexity index is 348. The normalized spacial score (nSPS) is 15.1. The Morgan fingerprint density at radius 3 is 1.42 bits per heavy atom. The van der Waals surface area contributed by atoms with Crippen LogP contribution in [0.1, 0.15) is 26.7 Å². The molecule has 0 unspecified atom stereocenters. The van der Waals surface area contributed by atoms with E-state index >= 15 is 0 Å². The van der Waals surface area contributed by atoms with Crippen molar-refractivity contribution in [2.45, 2.75) is 26.7 Å². The summed E-state index contributed by atoms with van der Waals surface area (Å²) in [6, 6.07) is 0. The van der Waals surface area contributed by atoms with E-state index in [0.29, 0.717) is 0 Å². The number of halogens is 2. The van der Waals surface area contributed by atoms with Crippen molar-refractivity contribution >= 4 is 0 Å². The van der Waals surface area contributed by atoms with E-state index in [-0.39, 0.29) is 50.7 Å². The van der Waals surface area contributed by atoms with Crippen LogP contribution >= 0.6 is 0 Å². The molecule has 0 spiro atoms. The van der Waals surface area contributed by atoms with Gasteiger partial charge in [-0.3, -0.25) is 0 Å². The smallest absolute Gasteiger partial charge is 1.00 e. The first-order valence-corrected chi connectivity index (χ1v) is 5.67. The van der Waals surface area contributed by atoms with Crippen molar-refractivity contribution in [2.24, 2.45) is 0 Å². The molecular formula is C16H18Cl2Hf. The third-order valence-corrected chi connectivity index (χ3v) is 2.14. The van der Waals surface area contributed by atoms with Gasteiger partial charge in [0.2, 0.25) is 0 Å². The van der Waals surface area contributed by atoms with Crippen LogP contribution in [0, 0.1) is 12.2 Å². The standard InChI is InChI=1S/2C8H9.2ClH.Hf/c2*1-2-5-8-6-3-4-7-8;;;/h2*2-3,5-6H,4H2,1H3;2*1H;/q2*-1;;;+4/p-2/b2*5-2-;;;. The monoisotopic (exact) mass is 460 g/mol. The fourth-order valence-electron chi connectivity index (χ4n) is 1.43. The summed E-state index contributed by atoms with van der Waals surface area (Å²) >= 11 is 0. The zero-order chi connectivity index (χ0) is 11.6. The molecule has 0 atom stereocenters. The summed E-state index contributed by atoms with van der Waals surface area (Å²) in [7, 11) is 0. The number of hydrogen-bond acceptors (Lipinski definition) is 0. The average Bonchev–Trinajstić information content (AvgIpc) is 2.92. The van der Waals surface area contributed by atoms with E-state index in [1.54, 1.807) is 0 Å². The van der Waals surface area contributed by atoms with Crippen LogP contribution in [0.15, 0.2) is 59.8 Å². The van der Waals surface area contributed by atoms with Crippen LogP contribution in [0.3, 0.4) is 0 Å². The number of allylic oxidation sites excluding steroid dienone is 12. The predicted octanol–water partition coefficient (Wildman–Crippen LogP) is -1.49. The topological polar surface area (TPSA) is 0 Å². The van der Waals surface area contributed by atoms with E-state index in [9.17, 15) is 0 Å². The summed E-state index contributed by atoms with van der Waals surface area (Å²) in [5, 5.41) is 0. The zero-order valence-corrected chi connectivity index (χ0v) is 16.4. The van der Waals surface area contributed by atoms with Crippen LogP contribution in [-0.2, 0) is 25.8 Å². The molecule has 2 aliphatic carbocycles. The van der Waals surface area contributed by atoms with Crippen molar-refractivity contribution in [1.82, 2.24) is 0 Å². The maximum Gasteiger partial charge on any atom is 4.00 e. The fraction of sp³-hybridized carbons (Fsp3) is 0.250. The average molecular weight is 460 g/mol. The summed E-state index contributed by atoms with van der Waals surface area (Å²) in [5.74, 6) is 0. The minimum Gasteiger partial charge on any atom is -1.00 e. The van der Waals surface area contributed by atoms with Gasteiger partial charge in [0.05, 0.1) is 0 Å². The van der Waals surface area contributed by atoms with Crippen LogP contribution in [0.5, 0.6) is 0 Å². The third-order valence-electron chi connectivity index (χ3n) is 2.14. The van der Waals surface area contributed by atoms with Gasteiger partial charge in [-0.15, -0.1) is 24.3 Å². The Balaban J connectivity index is -0.000000233. The van der Waals surface area contributed by atoms with Gasteiger partial charge in [-0.25, -0.2) is 0 Å². The molecule has 0 nitrogen and oxygen atoms in total. The van der Waals surface area contributed by atoms with E-state index in [0.717, 1.165) is 12.8 Å². The Morgan fingerprint density at radius 1 is 0.842 bits per heavy atom. The maximum absolute atomic E-state index is 3.18. The molecule has 100 valence electrons. The maximum atomic E-state index is 3.18. The van der Waals surface area contributed by atoms with Crippen molar-refractivity contribution in [2.75, 3.05) is 0 Å². The van der Waals surface area contributed by atoms with Gasteiger partial charge in [-0.2, -0.15) is 47.6 Å². The van der Waals surface area contributed by atoms with Crippen molar-refractivity contribution < 1.29 is 50.7 Å². The fourth-order valence-corrected chi connectivity index (χ4v) is 1.43. The Kier molecular flexibility index (Phi) is 20.1. The van der Waals surface area contributed by atoms with Crippen LogP contribution in [0.4, 0.5) is 0 Å². The molecule has 0 aliphatic heterocycles. The molecule has 2 aliphatic rings. The summed E-state index contributed by atoms with van der Waals surface area (Å²) < 4.78 is 0. The Hall–Kier alpha value is -0.110. The van der Waals surface area contributed by atoms with Crippen LogP contribution in [-0.4, -0.2) is 0 Å². The molecule has 0 aromatic carbocycles. The molecule has 19 heavy (non-hydrogen) atoms. The van der Waals surface area contributed by atoms with Gasteiger partial charge in [0.15, 0.2) is 0 Å². The quantitative estimate of drug-likeness (QED) is 0.349. The van der Waals surface area contributed by atoms with Crippen molar-refractivity contribution in [1.29, 1.82) is 0 Å². The molecule has 0 saturated carbocycles. The van der Waals surface area contributed by atoms with Gasteiger partial charge in [-0.1, -0.05) is 26.7 Å². The SMILES string of the molecule is C/C=C\C1=[C-]CC=C1.C/C=C\C1=[C-]CC=C1.[Cl-].[Cl-].[Hf+4]. The van der Waals surface area contributed by atoms with Crippen molar-refractivity contribution in [3.05, 3.63) is 71.9 Å². The minimum atomic E-state index is 0. The molecule has 0 amide bonds. The molecule has 2 rings (SSSR count). The van der Waals surface area contributed by atoms with Gasteiger partial charge in [-0.05, 0) is 0 Å². The molecule has 3 heteroatoms. The molecule has 0 aromatic rings.